The van der Waals surface area contributed by atoms with Crippen molar-refractivity contribution in [2.24, 2.45) is 0 Å². The number of hydrogen-bond donors (Lipinski definition) is 0. The maximum atomic E-state index is 5.14. The zero-order valence-corrected chi connectivity index (χ0v) is 6.81. The van der Waals surface area contributed by atoms with E-state index < -0.39 is 0 Å². The van der Waals surface area contributed by atoms with E-state index in [1.807, 2.05) is 18.2 Å². The largest absolute Gasteiger partial charge is 0.495 e. The Morgan fingerprint density at radius 2 is 2.45 bits per heavy atom. The smallest absolute Gasteiger partial charge is 0.153 e. The minimum Gasteiger partial charge on any atom is -0.495 e. The molecular weight excluding hydrogens is 158 g/mol. The van der Waals surface area contributed by atoms with Gasteiger partial charge in [-0.1, -0.05) is 6.07 Å². The normalized spacial score (nSPS) is 10.3. The van der Waals surface area contributed by atoms with E-state index in [0.717, 1.165) is 16.0 Å². The van der Waals surface area contributed by atoms with Gasteiger partial charge in [-0.15, -0.1) is 11.3 Å². The first kappa shape index (κ1) is 6.61. The van der Waals surface area contributed by atoms with Crippen molar-refractivity contribution in [1.82, 2.24) is 4.98 Å². The van der Waals surface area contributed by atoms with Crippen molar-refractivity contribution in [3.05, 3.63) is 23.7 Å². The number of rotatable bonds is 1. The topological polar surface area (TPSA) is 22.1 Å². The van der Waals surface area contributed by atoms with Crippen LogP contribution in [-0.4, -0.2) is 12.1 Å². The summed E-state index contributed by atoms with van der Waals surface area (Å²) in [5.74, 6) is 0.876. The number of hydrogen-bond acceptors (Lipinski definition) is 3. The minimum absolute atomic E-state index is 0.876. The lowest BCUT2D eigenvalue weighted by atomic mass is 10.3. The van der Waals surface area contributed by atoms with Crippen molar-refractivity contribution in [1.29, 1.82) is 0 Å². The summed E-state index contributed by atoms with van der Waals surface area (Å²) < 4.78 is 6.20. The summed E-state index contributed by atoms with van der Waals surface area (Å²) in [6.07, 6.45) is 0. The minimum atomic E-state index is 0.876. The Hall–Kier alpha value is -1.09. The van der Waals surface area contributed by atoms with Gasteiger partial charge in [0.15, 0.2) is 5.51 Å². The average molecular weight is 164 g/mol. The molecule has 2 nitrogen and oxygen atoms in total. The fourth-order valence-corrected chi connectivity index (χ4v) is 1.68. The van der Waals surface area contributed by atoms with Crippen LogP contribution < -0.4 is 4.74 Å². The first-order chi connectivity index (χ1) is 5.42. The summed E-state index contributed by atoms with van der Waals surface area (Å²) in [5.41, 5.74) is 3.78. The summed E-state index contributed by atoms with van der Waals surface area (Å²) in [4.78, 5) is 4.04. The van der Waals surface area contributed by atoms with Gasteiger partial charge in [-0.25, -0.2) is 4.98 Å². The van der Waals surface area contributed by atoms with Gasteiger partial charge in [0.25, 0.3) is 0 Å². The van der Waals surface area contributed by atoms with E-state index in [0.29, 0.717) is 0 Å². The second kappa shape index (κ2) is 2.51. The van der Waals surface area contributed by atoms with E-state index in [2.05, 4.69) is 10.5 Å². The molecule has 1 heterocycles. The van der Waals surface area contributed by atoms with E-state index in [-0.39, 0.29) is 0 Å². The lowest BCUT2D eigenvalue weighted by Gasteiger charge is -1.97. The maximum Gasteiger partial charge on any atom is 0.153 e. The lowest BCUT2D eigenvalue weighted by molar-refractivity contribution is 0.420. The fourth-order valence-electron chi connectivity index (χ4n) is 0.973. The maximum absolute atomic E-state index is 5.14. The van der Waals surface area contributed by atoms with Crippen LogP contribution in [0.1, 0.15) is 0 Å². The molecule has 0 saturated carbocycles. The van der Waals surface area contributed by atoms with Crippen LogP contribution in [-0.2, 0) is 0 Å². The van der Waals surface area contributed by atoms with E-state index in [9.17, 15) is 0 Å². The monoisotopic (exact) mass is 164 g/mol. The van der Waals surface area contributed by atoms with Crippen LogP contribution in [0.2, 0.25) is 0 Å². The summed E-state index contributed by atoms with van der Waals surface area (Å²) >= 11 is 1.48. The van der Waals surface area contributed by atoms with Crippen molar-refractivity contribution < 1.29 is 4.74 Å². The molecule has 3 heteroatoms. The molecule has 0 N–H and O–H groups in total. The number of fused-ring (bicyclic) bond motifs is 1. The number of methoxy groups -OCH3 is 1. The van der Waals surface area contributed by atoms with Crippen LogP contribution in [0.4, 0.5) is 0 Å². The highest BCUT2D eigenvalue weighted by molar-refractivity contribution is 7.16. The van der Waals surface area contributed by atoms with E-state index >= 15 is 0 Å². The standard InChI is InChI=1S/C8H6NOS/c1-10-7-4-2-3-6-8(7)11-5-9-6/h2-4H,1H3. The van der Waals surface area contributed by atoms with Gasteiger partial charge in [-0.2, -0.15) is 0 Å². The molecule has 1 aromatic carbocycles. The van der Waals surface area contributed by atoms with Gasteiger partial charge in [-0.3, -0.25) is 0 Å². The van der Waals surface area contributed by atoms with E-state index in [1.54, 1.807) is 7.11 Å². The predicted molar refractivity (Wildman–Crippen MR) is 45.0 cm³/mol. The Morgan fingerprint density at radius 3 is 3.27 bits per heavy atom. The number of benzene rings is 1. The Balaban J connectivity index is 2.79. The Labute approximate surface area is 68.5 Å². The molecule has 1 aromatic heterocycles. The molecule has 0 spiro atoms. The van der Waals surface area contributed by atoms with Gasteiger partial charge in [0.05, 0.1) is 17.3 Å². The molecule has 0 unspecified atom stereocenters. The number of ether oxygens (including phenoxy) is 1. The summed E-state index contributed by atoms with van der Waals surface area (Å²) in [7, 11) is 1.66. The molecular formula is C8H6NOS. The number of nitrogens with zero attached hydrogens (tertiary/aromatic N) is 1. The molecule has 0 aliphatic heterocycles. The molecule has 0 aliphatic carbocycles. The van der Waals surface area contributed by atoms with Crippen LogP contribution in [0, 0.1) is 5.51 Å². The first-order valence-electron chi connectivity index (χ1n) is 3.21. The first-order valence-corrected chi connectivity index (χ1v) is 4.03. The summed E-state index contributed by atoms with van der Waals surface area (Å²) in [5, 5.41) is 0. The molecule has 55 valence electrons. The zero-order chi connectivity index (χ0) is 7.68. The van der Waals surface area contributed by atoms with Gasteiger partial charge in [-0.05, 0) is 12.1 Å². The molecule has 0 fully saturated rings. The van der Waals surface area contributed by atoms with Gasteiger partial charge in [0.2, 0.25) is 0 Å². The van der Waals surface area contributed by atoms with Gasteiger partial charge in [0, 0.05) is 0 Å². The molecule has 11 heavy (non-hydrogen) atoms. The van der Waals surface area contributed by atoms with Crippen LogP contribution in [0.15, 0.2) is 18.2 Å². The van der Waals surface area contributed by atoms with Crippen LogP contribution in [0.25, 0.3) is 10.2 Å². The third-order valence-corrected chi connectivity index (χ3v) is 2.29. The fraction of sp³-hybridized carbons (Fsp3) is 0.125. The molecule has 0 saturated heterocycles. The molecule has 2 aromatic rings. The third kappa shape index (κ3) is 0.973. The van der Waals surface area contributed by atoms with Crippen molar-refractivity contribution in [2.45, 2.75) is 0 Å². The summed E-state index contributed by atoms with van der Waals surface area (Å²) in [6, 6.07) is 5.80. The predicted octanol–water partition coefficient (Wildman–Crippen LogP) is 2.11. The van der Waals surface area contributed by atoms with Gasteiger partial charge >= 0.3 is 0 Å². The Kier molecular flexibility index (Phi) is 1.51. The molecule has 1 radical (unpaired) electrons. The molecule has 0 aliphatic rings. The van der Waals surface area contributed by atoms with E-state index in [4.69, 9.17) is 4.74 Å². The second-order valence-corrected chi connectivity index (χ2v) is 2.91. The van der Waals surface area contributed by atoms with Crippen LogP contribution >= 0.6 is 11.3 Å². The SMILES string of the molecule is COc1cccc2n[c]sc12. The van der Waals surface area contributed by atoms with Crippen molar-refractivity contribution in [3.63, 3.8) is 0 Å². The zero-order valence-electron chi connectivity index (χ0n) is 6.00. The summed E-state index contributed by atoms with van der Waals surface area (Å²) in [6.45, 7) is 0. The third-order valence-electron chi connectivity index (χ3n) is 1.49. The Morgan fingerprint density at radius 1 is 1.55 bits per heavy atom. The molecule has 0 bridgehead atoms. The van der Waals surface area contributed by atoms with Gasteiger partial charge < -0.3 is 4.74 Å². The van der Waals surface area contributed by atoms with Crippen LogP contribution in [0.5, 0.6) is 5.75 Å². The van der Waals surface area contributed by atoms with E-state index in [1.165, 1.54) is 11.3 Å². The highest BCUT2D eigenvalue weighted by Gasteiger charge is 2.01. The highest BCUT2D eigenvalue weighted by Crippen LogP contribution is 2.27. The average Bonchev–Trinajstić information content (AvgIpc) is 2.50. The molecule has 0 atom stereocenters. The quantitative estimate of drug-likeness (QED) is 0.644. The van der Waals surface area contributed by atoms with Crippen molar-refractivity contribution in [3.8, 4) is 5.75 Å². The van der Waals surface area contributed by atoms with Crippen molar-refractivity contribution in [2.75, 3.05) is 7.11 Å². The van der Waals surface area contributed by atoms with Gasteiger partial charge in [0.1, 0.15) is 5.75 Å². The Bertz CT molecular complexity index is 369. The number of thiazole rings is 1. The molecule has 2 rings (SSSR count). The van der Waals surface area contributed by atoms with Crippen LogP contribution in [0.3, 0.4) is 0 Å². The highest BCUT2D eigenvalue weighted by atomic mass is 32.1. The lowest BCUT2D eigenvalue weighted by Crippen LogP contribution is -1.80. The molecule has 0 amide bonds. The van der Waals surface area contributed by atoms with Crippen molar-refractivity contribution >= 4 is 21.6 Å². The second-order valence-electron chi connectivity index (χ2n) is 2.11. The number of aromatic nitrogens is 1.